The highest BCUT2D eigenvalue weighted by atomic mass is 32.2. The first-order valence-electron chi connectivity index (χ1n) is 9.93. The van der Waals surface area contributed by atoms with Gasteiger partial charge in [-0.15, -0.1) is 10.2 Å². The van der Waals surface area contributed by atoms with Gasteiger partial charge in [0.05, 0.1) is 24.6 Å². The molecule has 0 spiro atoms. The second-order valence-electron chi connectivity index (χ2n) is 7.19. The Morgan fingerprint density at radius 2 is 1.97 bits per heavy atom. The van der Waals surface area contributed by atoms with Gasteiger partial charge in [0.1, 0.15) is 5.01 Å². The lowest BCUT2D eigenvalue weighted by molar-refractivity contribution is 0.122. The van der Waals surface area contributed by atoms with Gasteiger partial charge in [-0.3, -0.25) is 9.36 Å². The molecule has 0 unspecified atom stereocenters. The first-order valence-corrected chi connectivity index (χ1v) is 11.7. The lowest BCUT2D eigenvalue weighted by Gasteiger charge is -2.28. The van der Waals surface area contributed by atoms with E-state index in [9.17, 15) is 4.79 Å². The summed E-state index contributed by atoms with van der Waals surface area (Å²) in [5.41, 5.74) is 2.71. The Hall–Kier alpha value is -2.76. The predicted molar refractivity (Wildman–Crippen MR) is 121 cm³/mol. The van der Waals surface area contributed by atoms with Crippen LogP contribution in [0.1, 0.15) is 16.3 Å². The molecule has 1 aliphatic heterocycles. The number of morpholine rings is 1. The van der Waals surface area contributed by atoms with Crippen molar-refractivity contribution in [2.45, 2.75) is 24.8 Å². The molecule has 0 aliphatic carbocycles. The lowest BCUT2D eigenvalue weighted by atomic mass is 10.2. The van der Waals surface area contributed by atoms with E-state index in [0.29, 0.717) is 29.6 Å². The fourth-order valence-corrected chi connectivity index (χ4v) is 5.11. The van der Waals surface area contributed by atoms with Crippen LogP contribution in [0.2, 0.25) is 0 Å². The number of hydrogen-bond acceptors (Lipinski definition) is 9. The molecular weight excluding hydrogens is 434 g/mol. The van der Waals surface area contributed by atoms with Crippen LogP contribution in [0.15, 0.2) is 40.3 Å². The van der Waals surface area contributed by atoms with Crippen molar-refractivity contribution in [1.29, 1.82) is 0 Å². The topological polar surface area (TPSA) is 90.4 Å². The molecule has 0 radical (unpaired) electrons. The molecule has 0 bridgehead atoms. The van der Waals surface area contributed by atoms with Gasteiger partial charge in [-0.05, 0) is 25.5 Å². The van der Waals surface area contributed by atoms with Crippen molar-refractivity contribution in [2.75, 3.05) is 31.2 Å². The van der Waals surface area contributed by atoms with Crippen molar-refractivity contribution >= 4 is 34.0 Å². The molecule has 3 aromatic heterocycles. The van der Waals surface area contributed by atoms with Crippen LogP contribution in [0, 0.1) is 13.8 Å². The summed E-state index contributed by atoms with van der Waals surface area (Å²) in [4.78, 5) is 19.8. The maximum absolute atomic E-state index is 12.4. The summed E-state index contributed by atoms with van der Waals surface area (Å²) in [6.07, 6.45) is 0. The van der Waals surface area contributed by atoms with E-state index in [1.807, 2.05) is 19.1 Å². The van der Waals surface area contributed by atoms with Crippen molar-refractivity contribution in [1.82, 2.24) is 29.4 Å². The molecule has 0 atom stereocenters. The van der Waals surface area contributed by atoms with Gasteiger partial charge in [0.25, 0.3) is 5.56 Å². The first kappa shape index (κ1) is 20.2. The summed E-state index contributed by atoms with van der Waals surface area (Å²) >= 11 is 2.92. The number of aromatic nitrogens is 6. The van der Waals surface area contributed by atoms with Crippen molar-refractivity contribution in [3.05, 3.63) is 57.0 Å². The molecule has 1 fully saturated rings. The minimum Gasteiger partial charge on any atom is -0.378 e. The van der Waals surface area contributed by atoms with Gasteiger partial charge in [0.15, 0.2) is 5.16 Å². The van der Waals surface area contributed by atoms with E-state index in [2.05, 4.69) is 48.8 Å². The summed E-state index contributed by atoms with van der Waals surface area (Å²) in [5, 5.41) is 14.8. The third-order valence-electron chi connectivity index (χ3n) is 5.01. The third kappa shape index (κ3) is 3.95. The second-order valence-corrected chi connectivity index (χ2v) is 9.30. The molecule has 0 saturated carbocycles. The SMILES string of the molecule is Cc1nn2c(=O)cc(CSc3nnc(N4CCOCC4)n3-c3ccccc3C)nc2s1. The van der Waals surface area contributed by atoms with E-state index in [-0.39, 0.29) is 5.56 Å². The minimum atomic E-state index is -0.167. The van der Waals surface area contributed by atoms with Gasteiger partial charge in [-0.25, -0.2) is 4.98 Å². The maximum atomic E-state index is 12.4. The van der Waals surface area contributed by atoms with Gasteiger partial charge < -0.3 is 9.64 Å². The summed E-state index contributed by atoms with van der Waals surface area (Å²) in [6, 6.07) is 9.73. The fourth-order valence-electron chi connectivity index (χ4n) is 3.51. The van der Waals surface area contributed by atoms with Gasteiger partial charge in [0, 0.05) is 24.9 Å². The summed E-state index contributed by atoms with van der Waals surface area (Å²) < 4.78 is 8.94. The van der Waals surface area contributed by atoms with Crippen LogP contribution < -0.4 is 10.5 Å². The van der Waals surface area contributed by atoms with E-state index in [0.717, 1.165) is 40.5 Å². The van der Waals surface area contributed by atoms with Crippen molar-refractivity contribution in [2.24, 2.45) is 0 Å². The lowest BCUT2D eigenvalue weighted by Crippen LogP contribution is -2.38. The van der Waals surface area contributed by atoms with Gasteiger partial charge in [-0.2, -0.15) is 9.61 Å². The second kappa shape index (κ2) is 8.40. The van der Waals surface area contributed by atoms with Crippen LogP contribution in [0.25, 0.3) is 10.6 Å². The van der Waals surface area contributed by atoms with Crippen LogP contribution in [0.5, 0.6) is 0 Å². The molecule has 31 heavy (non-hydrogen) atoms. The number of aryl methyl sites for hydroxylation is 2. The average molecular weight is 456 g/mol. The van der Waals surface area contributed by atoms with Gasteiger partial charge in [-0.1, -0.05) is 41.3 Å². The largest absolute Gasteiger partial charge is 0.378 e. The quantitative estimate of drug-likeness (QED) is 0.424. The first-order chi connectivity index (χ1) is 15.1. The molecular formula is C20H21N7O2S2. The van der Waals surface area contributed by atoms with Crippen molar-refractivity contribution in [3.8, 4) is 5.69 Å². The Kier molecular flexibility index (Phi) is 5.47. The smallest absolute Gasteiger partial charge is 0.275 e. The Bertz CT molecular complexity index is 1290. The number of rotatable bonds is 5. The normalized spacial score (nSPS) is 14.5. The number of thioether (sulfide) groups is 1. The number of hydrogen-bond donors (Lipinski definition) is 0. The molecule has 1 aliphatic rings. The van der Waals surface area contributed by atoms with Crippen LogP contribution in [0.3, 0.4) is 0 Å². The summed E-state index contributed by atoms with van der Waals surface area (Å²) in [6.45, 7) is 6.83. The van der Waals surface area contributed by atoms with Crippen molar-refractivity contribution in [3.63, 3.8) is 0 Å². The number of nitrogens with zero attached hydrogens (tertiary/aromatic N) is 7. The number of anilines is 1. The highest BCUT2D eigenvalue weighted by Gasteiger charge is 2.23. The van der Waals surface area contributed by atoms with Crippen LogP contribution in [0.4, 0.5) is 5.95 Å². The standard InChI is InChI=1S/C20H21N7O2S2/c1-13-5-3-4-6-16(13)26-18(25-7-9-29-10-8-25)22-23-20(26)30-12-15-11-17(28)27-19(21-15)31-14(2)24-27/h3-6,11H,7-10,12H2,1-2H3. The zero-order chi connectivity index (χ0) is 21.4. The highest BCUT2D eigenvalue weighted by Crippen LogP contribution is 2.30. The number of fused-ring (bicyclic) bond motifs is 1. The summed E-state index contributed by atoms with van der Waals surface area (Å²) in [7, 11) is 0. The molecule has 4 aromatic rings. The van der Waals surface area contributed by atoms with Gasteiger partial charge >= 0.3 is 0 Å². The molecule has 160 valence electrons. The van der Waals surface area contributed by atoms with E-state index in [4.69, 9.17) is 4.74 Å². The Morgan fingerprint density at radius 3 is 2.77 bits per heavy atom. The number of para-hydroxylation sites is 1. The molecule has 1 aromatic carbocycles. The molecule has 4 heterocycles. The molecule has 0 amide bonds. The monoisotopic (exact) mass is 455 g/mol. The molecule has 1 saturated heterocycles. The van der Waals surface area contributed by atoms with E-state index >= 15 is 0 Å². The molecule has 9 nitrogen and oxygen atoms in total. The minimum absolute atomic E-state index is 0.167. The Labute approximate surface area is 186 Å². The fraction of sp³-hybridized carbons (Fsp3) is 0.350. The van der Waals surface area contributed by atoms with Crippen LogP contribution in [-0.2, 0) is 10.5 Å². The van der Waals surface area contributed by atoms with E-state index < -0.39 is 0 Å². The Morgan fingerprint density at radius 1 is 1.16 bits per heavy atom. The zero-order valence-electron chi connectivity index (χ0n) is 17.2. The van der Waals surface area contributed by atoms with Crippen molar-refractivity contribution < 1.29 is 4.74 Å². The van der Waals surface area contributed by atoms with E-state index in [1.165, 1.54) is 33.7 Å². The Balaban J connectivity index is 1.50. The third-order valence-corrected chi connectivity index (χ3v) is 6.80. The highest BCUT2D eigenvalue weighted by molar-refractivity contribution is 7.98. The average Bonchev–Trinajstić information content (AvgIpc) is 3.36. The number of ether oxygens (including phenoxy) is 1. The predicted octanol–water partition coefficient (Wildman–Crippen LogP) is 2.48. The van der Waals surface area contributed by atoms with E-state index in [1.54, 1.807) is 0 Å². The molecule has 11 heteroatoms. The van der Waals surface area contributed by atoms with Gasteiger partial charge in [0.2, 0.25) is 10.9 Å². The zero-order valence-corrected chi connectivity index (χ0v) is 18.8. The van der Waals surface area contributed by atoms with Crippen LogP contribution in [-0.4, -0.2) is 55.7 Å². The summed E-state index contributed by atoms with van der Waals surface area (Å²) in [5.74, 6) is 1.32. The maximum Gasteiger partial charge on any atom is 0.275 e. The molecule has 0 N–H and O–H groups in total. The molecule has 5 rings (SSSR count). The van der Waals surface area contributed by atoms with Crippen LogP contribution >= 0.6 is 23.1 Å². The number of benzene rings is 1.